The van der Waals surface area contributed by atoms with Crippen molar-refractivity contribution in [2.24, 2.45) is 0 Å². The van der Waals surface area contributed by atoms with Crippen LogP contribution in [0.25, 0.3) is 10.1 Å². The second-order valence-electron chi connectivity index (χ2n) is 4.62. The first-order valence-corrected chi connectivity index (χ1v) is 8.00. The van der Waals surface area contributed by atoms with Crippen LogP contribution in [0.2, 0.25) is 0 Å². The minimum atomic E-state index is 0.234. The Morgan fingerprint density at radius 3 is 2.74 bits per heavy atom. The van der Waals surface area contributed by atoms with E-state index in [2.05, 4.69) is 55.7 Å². The molecule has 0 bridgehead atoms. The summed E-state index contributed by atoms with van der Waals surface area (Å²) in [7, 11) is 0. The van der Waals surface area contributed by atoms with E-state index < -0.39 is 0 Å². The first-order valence-electron chi connectivity index (χ1n) is 7.12. The van der Waals surface area contributed by atoms with Crippen LogP contribution in [0.4, 0.5) is 0 Å². The molecule has 2 rings (SSSR count). The Bertz CT molecular complexity index is 508. The summed E-state index contributed by atoms with van der Waals surface area (Å²) in [6.07, 6.45) is 1.26. The molecule has 2 atom stereocenters. The summed E-state index contributed by atoms with van der Waals surface area (Å²) in [6.45, 7) is 8.13. The van der Waals surface area contributed by atoms with Gasteiger partial charge in [-0.05, 0) is 42.3 Å². The zero-order valence-electron chi connectivity index (χ0n) is 12.0. The largest absolute Gasteiger partial charge is 0.377 e. The Hall–Kier alpha value is -0.900. The molecule has 0 aliphatic heterocycles. The Balaban J connectivity index is 2.39. The topological polar surface area (TPSA) is 21.3 Å². The third kappa shape index (κ3) is 3.16. The van der Waals surface area contributed by atoms with Crippen LogP contribution in [0, 0.1) is 0 Å². The molecule has 2 aromatic rings. The van der Waals surface area contributed by atoms with Gasteiger partial charge in [-0.2, -0.15) is 0 Å². The van der Waals surface area contributed by atoms with E-state index in [9.17, 15) is 0 Å². The van der Waals surface area contributed by atoms with Crippen molar-refractivity contribution >= 4 is 21.4 Å². The number of ether oxygens (including phenoxy) is 1. The van der Waals surface area contributed by atoms with Gasteiger partial charge in [0.15, 0.2) is 0 Å². The zero-order valence-corrected chi connectivity index (χ0v) is 12.8. The van der Waals surface area contributed by atoms with Crippen molar-refractivity contribution in [1.29, 1.82) is 0 Å². The van der Waals surface area contributed by atoms with Crippen molar-refractivity contribution in [2.45, 2.75) is 39.3 Å². The van der Waals surface area contributed by atoms with Gasteiger partial charge in [-0.25, -0.2) is 0 Å². The van der Waals surface area contributed by atoms with Crippen LogP contribution in [0.15, 0.2) is 29.6 Å². The summed E-state index contributed by atoms with van der Waals surface area (Å²) in [5.74, 6) is 0. The molecule has 0 fully saturated rings. The Kier molecular flexibility index (Phi) is 5.37. The van der Waals surface area contributed by atoms with Crippen molar-refractivity contribution in [3.63, 3.8) is 0 Å². The van der Waals surface area contributed by atoms with E-state index in [4.69, 9.17) is 4.74 Å². The molecule has 0 spiro atoms. The number of fused-ring (bicyclic) bond motifs is 1. The number of rotatable bonds is 7. The van der Waals surface area contributed by atoms with Crippen LogP contribution in [0.5, 0.6) is 0 Å². The highest BCUT2D eigenvalue weighted by Gasteiger charge is 2.23. The van der Waals surface area contributed by atoms with Crippen LogP contribution in [0.3, 0.4) is 0 Å². The van der Waals surface area contributed by atoms with Gasteiger partial charge in [0, 0.05) is 11.3 Å². The lowest BCUT2D eigenvalue weighted by Crippen LogP contribution is -2.33. The Morgan fingerprint density at radius 2 is 2.05 bits per heavy atom. The van der Waals surface area contributed by atoms with E-state index >= 15 is 0 Å². The third-order valence-corrected chi connectivity index (χ3v) is 4.40. The fourth-order valence-corrected chi connectivity index (χ4v) is 3.54. The molecule has 2 nitrogen and oxygen atoms in total. The fraction of sp³-hybridized carbons (Fsp3) is 0.500. The standard InChI is InChI=1S/C16H23NOS/c1-4-14(18-6-3)15(17-5-2)13-9-7-8-12-10-11-19-16(12)13/h7-11,14-15,17H,4-6H2,1-3H3. The van der Waals surface area contributed by atoms with Crippen molar-refractivity contribution in [3.8, 4) is 0 Å². The average Bonchev–Trinajstić information content (AvgIpc) is 2.91. The van der Waals surface area contributed by atoms with Crippen LogP contribution >= 0.6 is 11.3 Å². The molecule has 0 amide bonds. The molecule has 19 heavy (non-hydrogen) atoms. The first-order chi connectivity index (χ1) is 9.31. The number of nitrogens with one attached hydrogen (secondary N) is 1. The van der Waals surface area contributed by atoms with Crippen molar-refractivity contribution in [3.05, 3.63) is 35.2 Å². The molecule has 3 heteroatoms. The fourth-order valence-electron chi connectivity index (χ4n) is 2.59. The second kappa shape index (κ2) is 7.04. The molecule has 0 aliphatic carbocycles. The molecular formula is C16H23NOS. The molecule has 1 aromatic carbocycles. The van der Waals surface area contributed by atoms with Crippen molar-refractivity contribution in [2.75, 3.05) is 13.2 Å². The Morgan fingerprint density at radius 1 is 1.21 bits per heavy atom. The van der Waals surface area contributed by atoms with E-state index in [1.807, 2.05) is 11.3 Å². The lowest BCUT2D eigenvalue weighted by molar-refractivity contribution is 0.0322. The van der Waals surface area contributed by atoms with Crippen LogP contribution in [-0.2, 0) is 4.74 Å². The SMILES string of the molecule is CCNC(c1cccc2ccsc12)C(CC)OCC. The van der Waals surface area contributed by atoms with Gasteiger partial charge >= 0.3 is 0 Å². The molecule has 0 radical (unpaired) electrons. The summed E-state index contributed by atoms with van der Waals surface area (Å²) in [5.41, 5.74) is 1.37. The summed E-state index contributed by atoms with van der Waals surface area (Å²) in [6, 6.07) is 9.02. The monoisotopic (exact) mass is 277 g/mol. The second-order valence-corrected chi connectivity index (χ2v) is 5.54. The van der Waals surface area contributed by atoms with Gasteiger partial charge in [0.25, 0.3) is 0 Å². The minimum Gasteiger partial charge on any atom is -0.377 e. The smallest absolute Gasteiger partial charge is 0.0767 e. The number of hydrogen-bond donors (Lipinski definition) is 1. The number of hydrogen-bond acceptors (Lipinski definition) is 3. The number of benzene rings is 1. The quantitative estimate of drug-likeness (QED) is 0.811. The number of likely N-dealkylation sites (N-methyl/N-ethyl adjacent to an activating group) is 1. The van der Waals surface area contributed by atoms with E-state index in [0.29, 0.717) is 0 Å². The van der Waals surface area contributed by atoms with Gasteiger partial charge in [0.2, 0.25) is 0 Å². The highest BCUT2D eigenvalue weighted by atomic mass is 32.1. The third-order valence-electron chi connectivity index (χ3n) is 3.42. The summed E-state index contributed by atoms with van der Waals surface area (Å²) in [4.78, 5) is 0. The van der Waals surface area contributed by atoms with Gasteiger partial charge in [0.05, 0.1) is 12.1 Å². The zero-order chi connectivity index (χ0) is 13.7. The molecule has 104 valence electrons. The maximum atomic E-state index is 5.93. The van der Waals surface area contributed by atoms with E-state index in [-0.39, 0.29) is 12.1 Å². The molecular weight excluding hydrogens is 254 g/mol. The Labute approximate surface area is 119 Å². The van der Waals surface area contributed by atoms with Gasteiger partial charge in [-0.1, -0.05) is 32.0 Å². The maximum absolute atomic E-state index is 5.93. The van der Waals surface area contributed by atoms with E-state index in [0.717, 1.165) is 19.6 Å². The van der Waals surface area contributed by atoms with Crippen LogP contribution < -0.4 is 5.32 Å². The molecule has 1 N–H and O–H groups in total. The highest BCUT2D eigenvalue weighted by Crippen LogP contribution is 2.32. The van der Waals surface area contributed by atoms with Gasteiger partial charge in [0.1, 0.15) is 0 Å². The van der Waals surface area contributed by atoms with Crippen LogP contribution in [0.1, 0.15) is 38.8 Å². The van der Waals surface area contributed by atoms with Gasteiger partial charge in [-0.3, -0.25) is 0 Å². The molecule has 0 saturated carbocycles. The average molecular weight is 277 g/mol. The molecule has 1 heterocycles. The van der Waals surface area contributed by atoms with Gasteiger partial charge < -0.3 is 10.1 Å². The van der Waals surface area contributed by atoms with Gasteiger partial charge in [-0.15, -0.1) is 11.3 Å². The lowest BCUT2D eigenvalue weighted by atomic mass is 9.98. The minimum absolute atomic E-state index is 0.234. The predicted octanol–water partition coefficient (Wildman–Crippen LogP) is 4.37. The van der Waals surface area contributed by atoms with E-state index in [1.54, 1.807) is 0 Å². The lowest BCUT2D eigenvalue weighted by Gasteiger charge is -2.27. The molecule has 0 aliphatic rings. The predicted molar refractivity (Wildman–Crippen MR) is 83.9 cm³/mol. The first kappa shape index (κ1) is 14.5. The maximum Gasteiger partial charge on any atom is 0.0767 e. The van der Waals surface area contributed by atoms with Crippen LogP contribution in [-0.4, -0.2) is 19.3 Å². The molecule has 2 unspecified atom stereocenters. The van der Waals surface area contributed by atoms with Crippen molar-refractivity contribution < 1.29 is 4.74 Å². The summed E-state index contributed by atoms with van der Waals surface area (Å²) >= 11 is 1.82. The number of thiophene rings is 1. The highest BCUT2D eigenvalue weighted by molar-refractivity contribution is 7.17. The normalized spacial score (nSPS) is 14.7. The molecule has 1 aromatic heterocycles. The molecule has 0 saturated heterocycles. The summed E-state index contributed by atoms with van der Waals surface area (Å²) in [5, 5.41) is 7.09. The summed E-state index contributed by atoms with van der Waals surface area (Å²) < 4.78 is 7.31. The van der Waals surface area contributed by atoms with Crippen molar-refractivity contribution in [1.82, 2.24) is 5.32 Å². The van der Waals surface area contributed by atoms with E-state index in [1.165, 1.54) is 15.6 Å².